The number of rotatable bonds is 14. The molecule has 2 atom stereocenters. The Balaban J connectivity index is 1.55. The molecule has 44 heavy (non-hydrogen) atoms. The second-order valence-electron chi connectivity index (χ2n) is 11.4. The number of aliphatic hydroxyl groups excluding tert-OH is 1. The Morgan fingerprint density at radius 2 is 1.73 bits per heavy atom. The molecule has 0 spiro atoms. The number of hydrogen-bond donors (Lipinski definition) is 4. The van der Waals surface area contributed by atoms with E-state index in [4.69, 9.17) is 16.2 Å². The molecule has 236 valence electrons. The van der Waals surface area contributed by atoms with E-state index in [0.717, 1.165) is 22.3 Å². The number of aryl methyl sites for hydroxylation is 2. The lowest BCUT2D eigenvalue weighted by molar-refractivity contribution is -0.124. The van der Waals surface area contributed by atoms with Crippen molar-refractivity contribution in [2.45, 2.75) is 57.7 Å². The number of amides is 1. The van der Waals surface area contributed by atoms with Gasteiger partial charge in [0.05, 0.1) is 27.3 Å². The summed E-state index contributed by atoms with van der Waals surface area (Å²) in [6, 6.07) is 17.2. The van der Waals surface area contributed by atoms with Crippen LogP contribution in [0.1, 0.15) is 36.1 Å². The highest BCUT2D eigenvalue weighted by molar-refractivity contribution is 7.89. The maximum absolute atomic E-state index is 13.9. The van der Waals surface area contributed by atoms with Crippen LogP contribution in [0.4, 0.5) is 5.13 Å². The number of aromatic nitrogens is 1. The van der Waals surface area contributed by atoms with Gasteiger partial charge in [-0.2, -0.15) is 4.31 Å². The SMILES string of the molecule is Cc1cc(CN)cc(C)c1OCC(=O)NC(Cc1ccccc1)C(O)CN(CC(C)C)S(=O)(=O)c1ccc2nc(N)sc2c1. The number of nitrogen functional groups attached to an aromatic ring is 1. The number of carbonyl (C=O) groups is 1. The van der Waals surface area contributed by atoms with Crippen LogP contribution in [-0.2, 0) is 27.8 Å². The Bertz CT molecular complexity index is 1670. The van der Waals surface area contributed by atoms with Crippen molar-refractivity contribution in [3.63, 3.8) is 0 Å². The van der Waals surface area contributed by atoms with E-state index < -0.39 is 28.1 Å². The van der Waals surface area contributed by atoms with Crippen LogP contribution in [0.2, 0.25) is 0 Å². The van der Waals surface area contributed by atoms with Gasteiger partial charge >= 0.3 is 0 Å². The summed E-state index contributed by atoms with van der Waals surface area (Å²) < 4.78 is 35.6. The zero-order valence-corrected chi connectivity index (χ0v) is 27.1. The van der Waals surface area contributed by atoms with Crippen LogP contribution in [0.15, 0.2) is 65.6 Å². The fraction of sp³-hybridized carbons (Fsp3) is 0.375. The van der Waals surface area contributed by atoms with Crippen LogP contribution in [0.3, 0.4) is 0 Å². The first kappa shape index (κ1) is 33.3. The monoisotopic (exact) mass is 639 g/mol. The summed E-state index contributed by atoms with van der Waals surface area (Å²) >= 11 is 1.21. The third kappa shape index (κ3) is 8.33. The molecule has 6 N–H and O–H groups in total. The van der Waals surface area contributed by atoms with E-state index in [1.165, 1.54) is 21.7 Å². The predicted molar refractivity (Wildman–Crippen MR) is 175 cm³/mol. The molecule has 0 radical (unpaired) electrons. The number of aliphatic hydroxyl groups is 1. The van der Waals surface area contributed by atoms with E-state index in [2.05, 4.69) is 10.3 Å². The fourth-order valence-electron chi connectivity index (χ4n) is 5.17. The minimum Gasteiger partial charge on any atom is -0.483 e. The molecule has 1 amide bonds. The standard InChI is InChI=1S/C32H41N5O5S2/c1-20(2)17-37(44(40,41)25-10-11-26-29(15-25)43-32(34)36-26)18-28(38)27(14-23-8-6-5-7-9-23)35-30(39)19-42-31-21(3)12-24(16-33)13-22(31)4/h5-13,15,20,27-28,38H,14,16-19,33H2,1-4H3,(H2,34,36)(H,35,39). The van der Waals surface area contributed by atoms with Gasteiger partial charge in [0.2, 0.25) is 10.0 Å². The Morgan fingerprint density at radius 1 is 1.05 bits per heavy atom. The lowest BCUT2D eigenvalue weighted by atomic mass is 10.0. The summed E-state index contributed by atoms with van der Waals surface area (Å²) in [5, 5.41) is 14.8. The number of ether oxygens (including phenoxy) is 1. The topological polar surface area (TPSA) is 161 Å². The fourth-order valence-corrected chi connectivity index (χ4v) is 7.67. The second kappa shape index (κ2) is 14.5. The molecule has 0 aliphatic rings. The largest absolute Gasteiger partial charge is 0.483 e. The van der Waals surface area contributed by atoms with Crippen LogP contribution in [0.5, 0.6) is 5.75 Å². The number of carbonyl (C=O) groups excluding carboxylic acids is 1. The van der Waals surface area contributed by atoms with Crippen LogP contribution in [0, 0.1) is 19.8 Å². The average molecular weight is 640 g/mol. The van der Waals surface area contributed by atoms with Crippen LogP contribution in [0.25, 0.3) is 10.2 Å². The Labute approximate surface area is 263 Å². The molecule has 0 fully saturated rings. The molecule has 1 aromatic heterocycles. The summed E-state index contributed by atoms with van der Waals surface area (Å²) in [5.74, 6) is 0.150. The van der Waals surface area contributed by atoms with Crippen LogP contribution >= 0.6 is 11.3 Å². The van der Waals surface area contributed by atoms with Crippen molar-refractivity contribution in [2.75, 3.05) is 25.4 Å². The molecule has 0 saturated heterocycles. The van der Waals surface area contributed by atoms with Crippen molar-refractivity contribution in [3.8, 4) is 5.75 Å². The normalized spacial score (nSPS) is 13.4. The molecule has 0 aliphatic carbocycles. The second-order valence-corrected chi connectivity index (χ2v) is 14.4. The third-order valence-corrected chi connectivity index (χ3v) is 9.86. The van der Waals surface area contributed by atoms with Gasteiger partial charge in [-0.25, -0.2) is 13.4 Å². The van der Waals surface area contributed by atoms with Gasteiger partial charge in [0.1, 0.15) is 5.75 Å². The highest BCUT2D eigenvalue weighted by Crippen LogP contribution is 2.28. The van der Waals surface area contributed by atoms with Gasteiger partial charge in [-0.1, -0.05) is 67.6 Å². The minimum absolute atomic E-state index is 0.0209. The first-order valence-electron chi connectivity index (χ1n) is 14.5. The number of hydrogen-bond acceptors (Lipinski definition) is 9. The highest BCUT2D eigenvalue weighted by Gasteiger charge is 2.32. The zero-order chi connectivity index (χ0) is 32.0. The molecular formula is C32H41N5O5S2. The number of fused-ring (bicyclic) bond motifs is 1. The van der Waals surface area contributed by atoms with Gasteiger partial charge in [0.25, 0.3) is 5.91 Å². The molecule has 10 nitrogen and oxygen atoms in total. The maximum atomic E-state index is 13.9. The first-order valence-corrected chi connectivity index (χ1v) is 16.7. The maximum Gasteiger partial charge on any atom is 0.258 e. The lowest BCUT2D eigenvalue weighted by Crippen LogP contribution is -2.52. The Kier molecular flexibility index (Phi) is 11.0. The van der Waals surface area contributed by atoms with Gasteiger partial charge in [-0.05, 0) is 66.6 Å². The lowest BCUT2D eigenvalue weighted by Gasteiger charge is -2.30. The summed E-state index contributed by atoms with van der Waals surface area (Å²) in [7, 11) is -4.00. The van der Waals surface area contributed by atoms with Gasteiger partial charge < -0.3 is 26.6 Å². The third-order valence-electron chi connectivity index (χ3n) is 7.19. The predicted octanol–water partition coefficient (Wildman–Crippen LogP) is 3.77. The Morgan fingerprint density at radius 3 is 2.36 bits per heavy atom. The summed E-state index contributed by atoms with van der Waals surface area (Å²) in [4.78, 5) is 17.5. The van der Waals surface area contributed by atoms with Gasteiger partial charge in [-0.15, -0.1) is 0 Å². The summed E-state index contributed by atoms with van der Waals surface area (Å²) in [5.41, 5.74) is 15.8. The van der Waals surface area contributed by atoms with E-state index in [1.54, 1.807) is 12.1 Å². The van der Waals surface area contributed by atoms with Crippen molar-refractivity contribution in [1.82, 2.24) is 14.6 Å². The molecule has 4 rings (SSSR count). The van der Waals surface area contributed by atoms with Gasteiger partial charge in [0.15, 0.2) is 11.7 Å². The van der Waals surface area contributed by atoms with Crippen molar-refractivity contribution in [2.24, 2.45) is 11.7 Å². The van der Waals surface area contributed by atoms with Crippen molar-refractivity contribution >= 4 is 42.6 Å². The molecule has 2 unspecified atom stereocenters. The minimum atomic E-state index is -4.00. The Hall–Kier alpha value is -3.55. The number of nitrogens with two attached hydrogens (primary N) is 2. The molecule has 0 aliphatic heterocycles. The molecule has 0 bridgehead atoms. The molecule has 4 aromatic rings. The molecular weight excluding hydrogens is 599 g/mol. The zero-order valence-electron chi connectivity index (χ0n) is 25.5. The first-order chi connectivity index (χ1) is 20.9. The molecule has 3 aromatic carbocycles. The van der Waals surface area contributed by atoms with E-state index >= 15 is 0 Å². The number of nitrogens with one attached hydrogen (secondary N) is 1. The number of benzene rings is 3. The smallest absolute Gasteiger partial charge is 0.258 e. The van der Waals surface area contributed by atoms with Crippen molar-refractivity contribution in [3.05, 3.63) is 82.9 Å². The van der Waals surface area contributed by atoms with Crippen LogP contribution < -0.4 is 21.5 Å². The van der Waals surface area contributed by atoms with Crippen molar-refractivity contribution in [1.29, 1.82) is 0 Å². The van der Waals surface area contributed by atoms with Gasteiger partial charge in [0, 0.05) is 19.6 Å². The van der Waals surface area contributed by atoms with Crippen LogP contribution in [-0.4, -0.2) is 60.6 Å². The quantitative estimate of drug-likeness (QED) is 0.162. The number of nitrogens with zero attached hydrogens (tertiary/aromatic N) is 2. The number of thiazole rings is 1. The highest BCUT2D eigenvalue weighted by atomic mass is 32.2. The van der Waals surface area contributed by atoms with E-state index in [1.807, 2.05) is 70.2 Å². The number of anilines is 1. The summed E-state index contributed by atoms with van der Waals surface area (Å²) in [6.07, 6.45) is -0.929. The van der Waals surface area contributed by atoms with E-state index in [-0.39, 0.29) is 30.5 Å². The number of sulfonamides is 1. The molecule has 12 heteroatoms. The average Bonchev–Trinajstić information content (AvgIpc) is 3.35. The van der Waals surface area contributed by atoms with E-state index in [9.17, 15) is 18.3 Å². The van der Waals surface area contributed by atoms with Gasteiger partial charge in [-0.3, -0.25) is 4.79 Å². The molecule has 1 heterocycles. The van der Waals surface area contributed by atoms with E-state index in [0.29, 0.717) is 34.1 Å². The van der Waals surface area contributed by atoms with Crippen molar-refractivity contribution < 1.29 is 23.1 Å². The summed E-state index contributed by atoms with van der Waals surface area (Å²) in [6.45, 7) is 7.70. The molecule has 0 saturated carbocycles.